The topological polar surface area (TPSA) is 94.9 Å². The van der Waals surface area contributed by atoms with Crippen molar-refractivity contribution in [2.45, 2.75) is 43.9 Å². The molecule has 100 valence electrons. The molecule has 1 aliphatic rings. The van der Waals surface area contributed by atoms with Crippen molar-refractivity contribution in [3.8, 4) is 0 Å². The fourth-order valence-electron chi connectivity index (χ4n) is 2.08. The smallest absolute Gasteiger partial charge is 0.323 e. The van der Waals surface area contributed by atoms with Crippen LogP contribution in [0.1, 0.15) is 32.6 Å². The van der Waals surface area contributed by atoms with E-state index in [2.05, 4.69) is 0 Å². The number of aliphatic carboxylic acids is 1. The first-order valence-corrected chi connectivity index (χ1v) is 7.26. The standard InChI is InChI=1S/C10H19NO5S/c1-8(10(13)14)17(15,16)11-6-3-2-4-9(11)5-7-12/h8-9,12H,2-7H2,1H3,(H,13,14). The highest BCUT2D eigenvalue weighted by Gasteiger charge is 2.38. The summed E-state index contributed by atoms with van der Waals surface area (Å²) in [5.74, 6) is -1.33. The Morgan fingerprint density at radius 1 is 1.47 bits per heavy atom. The number of rotatable bonds is 5. The molecule has 0 amide bonds. The Balaban J connectivity index is 2.90. The molecule has 0 saturated carbocycles. The first-order chi connectivity index (χ1) is 7.91. The molecule has 6 nitrogen and oxygen atoms in total. The molecule has 17 heavy (non-hydrogen) atoms. The molecule has 2 N–H and O–H groups in total. The van der Waals surface area contributed by atoms with Gasteiger partial charge in [0.25, 0.3) is 0 Å². The lowest BCUT2D eigenvalue weighted by atomic mass is 10.0. The quantitative estimate of drug-likeness (QED) is 0.731. The van der Waals surface area contributed by atoms with Crippen LogP contribution in [0.5, 0.6) is 0 Å². The highest BCUT2D eigenvalue weighted by Crippen LogP contribution is 2.24. The van der Waals surface area contributed by atoms with E-state index < -0.39 is 21.2 Å². The molecule has 0 aliphatic carbocycles. The molecule has 0 spiro atoms. The molecule has 0 aromatic carbocycles. The lowest BCUT2D eigenvalue weighted by Crippen LogP contribution is -2.49. The van der Waals surface area contributed by atoms with E-state index in [0.29, 0.717) is 19.4 Å². The van der Waals surface area contributed by atoms with Gasteiger partial charge < -0.3 is 10.2 Å². The summed E-state index contributed by atoms with van der Waals surface area (Å²) in [4.78, 5) is 10.8. The molecule has 1 heterocycles. The molecule has 2 unspecified atom stereocenters. The van der Waals surface area contributed by atoms with Gasteiger partial charge in [0, 0.05) is 19.2 Å². The predicted molar refractivity (Wildman–Crippen MR) is 62.1 cm³/mol. The SMILES string of the molecule is CC(C(=O)O)S(=O)(=O)N1CCCCC1CCO. The van der Waals surface area contributed by atoms with Crippen LogP contribution in [0.25, 0.3) is 0 Å². The summed E-state index contributed by atoms with van der Waals surface area (Å²) in [5, 5.41) is 16.3. The number of piperidine rings is 1. The zero-order chi connectivity index (χ0) is 13.1. The monoisotopic (exact) mass is 265 g/mol. The molecule has 0 aromatic rings. The number of carboxylic acid groups (broad SMARTS) is 1. The van der Waals surface area contributed by atoms with Crippen molar-refractivity contribution in [2.24, 2.45) is 0 Å². The fraction of sp³-hybridized carbons (Fsp3) is 0.900. The first kappa shape index (κ1) is 14.4. The van der Waals surface area contributed by atoms with Gasteiger partial charge in [0.05, 0.1) is 0 Å². The number of nitrogens with zero attached hydrogens (tertiary/aromatic N) is 1. The number of hydrogen-bond donors (Lipinski definition) is 2. The van der Waals surface area contributed by atoms with Crippen LogP contribution in [0.4, 0.5) is 0 Å². The fourth-order valence-corrected chi connectivity index (χ4v) is 3.75. The van der Waals surface area contributed by atoms with Crippen molar-refractivity contribution in [3.05, 3.63) is 0 Å². The van der Waals surface area contributed by atoms with Gasteiger partial charge >= 0.3 is 5.97 Å². The Kier molecular flexibility index (Phi) is 4.91. The highest BCUT2D eigenvalue weighted by molar-refractivity contribution is 7.90. The van der Waals surface area contributed by atoms with E-state index in [-0.39, 0.29) is 12.6 Å². The minimum atomic E-state index is -3.81. The number of carboxylic acids is 1. The van der Waals surface area contributed by atoms with Crippen LogP contribution in [-0.2, 0) is 14.8 Å². The van der Waals surface area contributed by atoms with Crippen LogP contribution >= 0.6 is 0 Å². The number of aliphatic hydroxyl groups excluding tert-OH is 1. The van der Waals surface area contributed by atoms with E-state index >= 15 is 0 Å². The van der Waals surface area contributed by atoms with Gasteiger partial charge in [0.1, 0.15) is 0 Å². The van der Waals surface area contributed by atoms with Crippen LogP contribution in [0, 0.1) is 0 Å². The minimum absolute atomic E-state index is 0.0852. The van der Waals surface area contributed by atoms with Gasteiger partial charge in [0.15, 0.2) is 5.25 Å². The number of hydrogen-bond acceptors (Lipinski definition) is 4. The number of carbonyl (C=O) groups is 1. The molecule has 1 aliphatic heterocycles. The molecular weight excluding hydrogens is 246 g/mol. The average molecular weight is 265 g/mol. The molecule has 0 radical (unpaired) electrons. The Hall–Kier alpha value is -0.660. The maximum atomic E-state index is 12.1. The summed E-state index contributed by atoms with van der Waals surface area (Å²) in [7, 11) is -3.81. The van der Waals surface area contributed by atoms with E-state index in [1.54, 1.807) is 0 Å². The number of sulfonamides is 1. The van der Waals surface area contributed by atoms with Gasteiger partial charge in [-0.25, -0.2) is 8.42 Å². The molecule has 0 aromatic heterocycles. The van der Waals surface area contributed by atoms with Crippen molar-refractivity contribution in [1.82, 2.24) is 4.31 Å². The first-order valence-electron chi connectivity index (χ1n) is 5.75. The maximum absolute atomic E-state index is 12.1. The van der Waals surface area contributed by atoms with Crippen molar-refractivity contribution < 1.29 is 23.4 Å². The summed E-state index contributed by atoms with van der Waals surface area (Å²) in [6.45, 7) is 1.45. The second-order valence-corrected chi connectivity index (χ2v) is 6.50. The van der Waals surface area contributed by atoms with Crippen molar-refractivity contribution in [3.63, 3.8) is 0 Å². The Bertz CT molecular complexity index is 365. The van der Waals surface area contributed by atoms with Gasteiger partial charge in [-0.15, -0.1) is 0 Å². The predicted octanol–water partition coefficient (Wildman–Crippen LogP) is 0.0262. The largest absolute Gasteiger partial charge is 0.480 e. The molecule has 1 rings (SSSR count). The Labute approximate surface area is 101 Å². The van der Waals surface area contributed by atoms with Gasteiger partial charge in [0.2, 0.25) is 10.0 Å². The van der Waals surface area contributed by atoms with Gasteiger partial charge in [-0.05, 0) is 26.2 Å². The number of aliphatic hydroxyl groups is 1. The van der Waals surface area contributed by atoms with E-state index in [0.717, 1.165) is 12.8 Å². The second-order valence-electron chi connectivity index (χ2n) is 4.30. The highest BCUT2D eigenvalue weighted by atomic mass is 32.2. The van der Waals surface area contributed by atoms with E-state index in [4.69, 9.17) is 10.2 Å². The van der Waals surface area contributed by atoms with E-state index in [1.165, 1.54) is 11.2 Å². The molecule has 1 saturated heterocycles. The van der Waals surface area contributed by atoms with Crippen LogP contribution in [0.3, 0.4) is 0 Å². The second kappa shape index (κ2) is 5.79. The summed E-state index contributed by atoms with van der Waals surface area (Å²) < 4.78 is 25.4. The molecule has 0 bridgehead atoms. The summed E-state index contributed by atoms with van der Waals surface area (Å²) in [6, 6.07) is -0.263. The van der Waals surface area contributed by atoms with Crippen LogP contribution in [-0.4, -0.2) is 53.3 Å². The normalized spacial score (nSPS) is 24.5. The lowest BCUT2D eigenvalue weighted by Gasteiger charge is -2.35. The summed E-state index contributed by atoms with van der Waals surface area (Å²) in [6.07, 6.45) is 2.71. The Morgan fingerprint density at radius 2 is 2.12 bits per heavy atom. The van der Waals surface area contributed by atoms with Crippen LogP contribution < -0.4 is 0 Å². The molecular formula is C10H19NO5S. The molecule has 7 heteroatoms. The molecule has 2 atom stereocenters. The van der Waals surface area contributed by atoms with Crippen LogP contribution in [0.2, 0.25) is 0 Å². The lowest BCUT2D eigenvalue weighted by molar-refractivity contribution is -0.136. The zero-order valence-electron chi connectivity index (χ0n) is 9.87. The van der Waals surface area contributed by atoms with Crippen molar-refractivity contribution in [2.75, 3.05) is 13.2 Å². The third-order valence-electron chi connectivity index (χ3n) is 3.16. The minimum Gasteiger partial charge on any atom is -0.480 e. The third kappa shape index (κ3) is 3.17. The zero-order valence-corrected chi connectivity index (χ0v) is 10.7. The van der Waals surface area contributed by atoms with E-state index in [9.17, 15) is 13.2 Å². The van der Waals surface area contributed by atoms with E-state index in [1.807, 2.05) is 0 Å². The average Bonchev–Trinajstić information content (AvgIpc) is 2.29. The van der Waals surface area contributed by atoms with Crippen LogP contribution in [0.15, 0.2) is 0 Å². The summed E-state index contributed by atoms with van der Waals surface area (Å²) >= 11 is 0. The summed E-state index contributed by atoms with van der Waals surface area (Å²) in [5.41, 5.74) is 0. The third-order valence-corrected chi connectivity index (χ3v) is 5.39. The Morgan fingerprint density at radius 3 is 2.65 bits per heavy atom. The van der Waals surface area contributed by atoms with Gasteiger partial charge in [-0.2, -0.15) is 4.31 Å². The van der Waals surface area contributed by atoms with Crippen molar-refractivity contribution in [1.29, 1.82) is 0 Å². The van der Waals surface area contributed by atoms with Crippen molar-refractivity contribution >= 4 is 16.0 Å². The maximum Gasteiger partial charge on any atom is 0.323 e. The van der Waals surface area contributed by atoms with Gasteiger partial charge in [-0.1, -0.05) is 6.42 Å². The van der Waals surface area contributed by atoms with Gasteiger partial charge in [-0.3, -0.25) is 4.79 Å². The molecule has 1 fully saturated rings.